The third-order valence-corrected chi connectivity index (χ3v) is 5.07. The largest absolute Gasteiger partial charge is 0.289 e. The first-order valence-corrected chi connectivity index (χ1v) is 9.75. The first-order valence-electron chi connectivity index (χ1n) is 9.75. The second-order valence-electron chi connectivity index (χ2n) is 7.08. The SMILES string of the molecule is O=C1c2cc(C#Cc3ccccc3)ccc2-c2ccc(C#Cc3ccccc3)cc21. The van der Waals surface area contributed by atoms with Gasteiger partial charge in [0, 0.05) is 33.4 Å². The molecule has 1 nitrogen and oxygen atoms in total. The lowest BCUT2D eigenvalue weighted by Crippen LogP contribution is -1.96. The molecule has 0 aliphatic heterocycles. The fraction of sp³-hybridized carbons (Fsp3) is 0. The van der Waals surface area contributed by atoms with Crippen molar-refractivity contribution in [2.45, 2.75) is 0 Å². The summed E-state index contributed by atoms with van der Waals surface area (Å²) in [4.78, 5) is 13.0. The normalized spacial score (nSPS) is 10.9. The Bertz CT molecular complexity index is 1280. The fourth-order valence-corrected chi connectivity index (χ4v) is 3.57. The number of hydrogen-bond acceptors (Lipinski definition) is 1. The molecule has 0 amide bonds. The van der Waals surface area contributed by atoms with Crippen LogP contribution in [-0.2, 0) is 0 Å². The van der Waals surface area contributed by atoms with Gasteiger partial charge in [-0.3, -0.25) is 4.79 Å². The third-order valence-electron chi connectivity index (χ3n) is 5.07. The maximum absolute atomic E-state index is 13.0. The number of hydrogen-bond donors (Lipinski definition) is 0. The van der Waals surface area contributed by atoms with E-state index in [0.717, 1.165) is 33.4 Å². The Labute approximate surface area is 176 Å². The molecule has 0 unspecified atom stereocenters. The molecule has 0 saturated carbocycles. The minimum absolute atomic E-state index is 0.0340. The van der Waals surface area contributed by atoms with Crippen LogP contribution in [0.1, 0.15) is 38.2 Å². The van der Waals surface area contributed by atoms with Gasteiger partial charge in [-0.15, -0.1) is 0 Å². The average molecular weight is 380 g/mol. The van der Waals surface area contributed by atoms with Gasteiger partial charge in [0.1, 0.15) is 0 Å². The van der Waals surface area contributed by atoms with Gasteiger partial charge < -0.3 is 0 Å². The summed E-state index contributed by atoms with van der Waals surface area (Å²) < 4.78 is 0. The summed E-state index contributed by atoms with van der Waals surface area (Å²) >= 11 is 0. The van der Waals surface area contributed by atoms with Crippen LogP contribution in [0.15, 0.2) is 97.1 Å². The van der Waals surface area contributed by atoms with Gasteiger partial charge in [-0.2, -0.15) is 0 Å². The molecule has 4 aromatic carbocycles. The maximum atomic E-state index is 13.0. The van der Waals surface area contributed by atoms with Crippen LogP contribution in [0.2, 0.25) is 0 Å². The first-order chi connectivity index (χ1) is 14.8. The van der Waals surface area contributed by atoms with E-state index in [1.807, 2.05) is 97.1 Å². The second-order valence-corrected chi connectivity index (χ2v) is 7.08. The minimum atomic E-state index is 0.0340. The van der Waals surface area contributed by atoms with Crippen molar-refractivity contribution in [3.63, 3.8) is 0 Å². The number of carbonyl (C=O) groups excluding carboxylic acids is 1. The summed E-state index contributed by atoms with van der Waals surface area (Å²) in [6.07, 6.45) is 0. The van der Waals surface area contributed by atoms with Crippen LogP contribution >= 0.6 is 0 Å². The van der Waals surface area contributed by atoms with Crippen molar-refractivity contribution in [2.24, 2.45) is 0 Å². The Hall–Kier alpha value is -4.33. The highest BCUT2D eigenvalue weighted by atomic mass is 16.1. The molecule has 0 spiro atoms. The highest BCUT2D eigenvalue weighted by molar-refractivity contribution is 6.22. The minimum Gasteiger partial charge on any atom is -0.289 e. The molecule has 0 fully saturated rings. The van der Waals surface area contributed by atoms with Crippen molar-refractivity contribution >= 4 is 5.78 Å². The standard InChI is InChI=1S/C29H16O/c30-29-27-19-23(13-11-21-7-3-1-4-8-21)15-17-25(27)26-18-16-24(20-28(26)29)14-12-22-9-5-2-6-10-22/h1-10,15-20H. The van der Waals surface area contributed by atoms with Gasteiger partial charge in [0.05, 0.1) is 0 Å². The summed E-state index contributed by atoms with van der Waals surface area (Å²) in [6.45, 7) is 0. The van der Waals surface area contributed by atoms with Crippen molar-refractivity contribution in [2.75, 3.05) is 0 Å². The van der Waals surface area contributed by atoms with Crippen molar-refractivity contribution in [3.8, 4) is 34.8 Å². The lowest BCUT2D eigenvalue weighted by molar-refractivity contribution is 0.104. The van der Waals surface area contributed by atoms with Crippen LogP contribution < -0.4 is 0 Å². The summed E-state index contributed by atoms with van der Waals surface area (Å²) in [5.74, 6) is 12.7. The monoisotopic (exact) mass is 380 g/mol. The highest BCUT2D eigenvalue weighted by Gasteiger charge is 2.26. The van der Waals surface area contributed by atoms with Gasteiger partial charge in [-0.05, 0) is 59.7 Å². The molecule has 30 heavy (non-hydrogen) atoms. The summed E-state index contributed by atoms with van der Waals surface area (Å²) in [7, 11) is 0. The van der Waals surface area contributed by atoms with E-state index in [-0.39, 0.29) is 5.78 Å². The Morgan fingerprint density at radius 1 is 0.400 bits per heavy atom. The molecule has 0 bridgehead atoms. The molecular weight excluding hydrogens is 364 g/mol. The molecule has 0 aromatic heterocycles. The average Bonchev–Trinajstić information content (AvgIpc) is 3.09. The molecule has 1 heteroatoms. The zero-order chi connectivity index (χ0) is 20.3. The van der Waals surface area contributed by atoms with E-state index < -0.39 is 0 Å². The predicted octanol–water partition coefficient (Wildman–Crippen LogP) is 5.70. The molecule has 5 rings (SSSR count). The van der Waals surface area contributed by atoms with Crippen LogP contribution in [0.3, 0.4) is 0 Å². The molecule has 0 atom stereocenters. The molecule has 138 valence electrons. The van der Waals surface area contributed by atoms with E-state index in [1.54, 1.807) is 0 Å². The van der Waals surface area contributed by atoms with E-state index in [0.29, 0.717) is 11.1 Å². The van der Waals surface area contributed by atoms with E-state index >= 15 is 0 Å². The van der Waals surface area contributed by atoms with E-state index in [1.165, 1.54) is 0 Å². The number of carbonyl (C=O) groups is 1. The van der Waals surface area contributed by atoms with Gasteiger partial charge in [-0.1, -0.05) is 72.2 Å². The van der Waals surface area contributed by atoms with Crippen molar-refractivity contribution in [3.05, 3.63) is 130 Å². The Morgan fingerprint density at radius 2 is 0.800 bits per heavy atom. The maximum Gasteiger partial charge on any atom is 0.194 e. The molecule has 1 aliphatic carbocycles. The molecule has 1 aliphatic rings. The highest BCUT2D eigenvalue weighted by Crippen LogP contribution is 2.37. The van der Waals surface area contributed by atoms with Crippen molar-refractivity contribution < 1.29 is 4.79 Å². The molecule has 0 N–H and O–H groups in total. The Kier molecular flexibility index (Phi) is 4.49. The number of ketones is 1. The molecule has 4 aromatic rings. The topological polar surface area (TPSA) is 17.1 Å². The van der Waals surface area contributed by atoms with Gasteiger partial charge >= 0.3 is 0 Å². The first kappa shape index (κ1) is 17.7. The van der Waals surface area contributed by atoms with Gasteiger partial charge in [0.2, 0.25) is 0 Å². The second kappa shape index (κ2) is 7.59. The van der Waals surface area contributed by atoms with Crippen LogP contribution in [0.25, 0.3) is 11.1 Å². The van der Waals surface area contributed by atoms with Crippen molar-refractivity contribution in [1.29, 1.82) is 0 Å². The van der Waals surface area contributed by atoms with E-state index in [9.17, 15) is 4.79 Å². The zero-order valence-electron chi connectivity index (χ0n) is 16.1. The summed E-state index contributed by atoms with van der Waals surface area (Å²) in [5, 5.41) is 0. The van der Waals surface area contributed by atoms with Gasteiger partial charge in [-0.25, -0.2) is 0 Å². The fourth-order valence-electron chi connectivity index (χ4n) is 3.57. The summed E-state index contributed by atoms with van der Waals surface area (Å²) in [5.41, 5.74) is 6.91. The van der Waals surface area contributed by atoms with Crippen LogP contribution in [0.5, 0.6) is 0 Å². The third kappa shape index (κ3) is 3.42. The van der Waals surface area contributed by atoms with Crippen LogP contribution in [-0.4, -0.2) is 5.78 Å². The Morgan fingerprint density at radius 3 is 1.23 bits per heavy atom. The molecular formula is C29H16O. The summed E-state index contributed by atoms with van der Waals surface area (Å²) in [6, 6.07) is 31.4. The molecule has 0 heterocycles. The van der Waals surface area contributed by atoms with Gasteiger partial charge in [0.25, 0.3) is 0 Å². The zero-order valence-corrected chi connectivity index (χ0v) is 16.1. The van der Waals surface area contributed by atoms with Crippen LogP contribution in [0.4, 0.5) is 0 Å². The number of rotatable bonds is 0. The smallest absolute Gasteiger partial charge is 0.194 e. The van der Waals surface area contributed by atoms with Crippen molar-refractivity contribution in [1.82, 2.24) is 0 Å². The number of fused-ring (bicyclic) bond motifs is 3. The van der Waals surface area contributed by atoms with E-state index in [2.05, 4.69) is 23.7 Å². The Balaban J connectivity index is 1.46. The number of benzene rings is 4. The lowest BCUT2D eigenvalue weighted by atomic mass is 10.0. The van der Waals surface area contributed by atoms with E-state index in [4.69, 9.17) is 0 Å². The van der Waals surface area contributed by atoms with Crippen LogP contribution in [0, 0.1) is 23.7 Å². The quantitative estimate of drug-likeness (QED) is 0.315. The van der Waals surface area contributed by atoms with Gasteiger partial charge in [0.15, 0.2) is 5.78 Å². The molecule has 0 radical (unpaired) electrons. The molecule has 0 saturated heterocycles. The predicted molar refractivity (Wildman–Crippen MR) is 120 cm³/mol. The lowest BCUT2D eigenvalue weighted by Gasteiger charge is -2.00.